The highest BCUT2D eigenvalue weighted by molar-refractivity contribution is 5.93. The molecule has 1 aromatic carbocycles. The molecule has 0 amide bonds. The molecule has 0 spiro atoms. The third kappa shape index (κ3) is 3.18. The topological polar surface area (TPSA) is 95.2 Å². The van der Waals surface area contributed by atoms with Crippen molar-refractivity contribution in [3.8, 4) is 33.6 Å². The van der Waals surface area contributed by atoms with Gasteiger partial charge in [0.15, 0.2) is 0 Å². The minimum Gasteiger partial charge on any atom is -0.310 e. The molecule has 3 N–H and O–H groups in total. The number of benzene rings is 1. The van der Waals surface area contributed by atoms with E-state index >= 15 is 0 Å². The molecule has 0 aliphatic carbocycles. The third-order valence-corrected chi connectivity index (χ3v) is 6.22. The van der Waals surface area contributed by atoms with E-state index in [0.29, 0.717) is 6.04 Å². The van der Waals surface area contributed by atoms with Crippen LogP contribution in [0.25, 0.3) is 44.5 Å². The van der Waals surface area contributed by atoms with Gasteiger partial charge in [0.1, 0.15) is 0 Å². The zero-order valence-electron chi connectivity index (χ0n) is 17.8. The van der Waals surface area contributed by atoms with Crippen LogP contribution in [0.5, 0.6) is 0 Å². The second-order valence-corrected chi connectivity index (χ2v) is 8.28. The lowest BCUT2D eigenvalue weighted by Gasteiger charge is -2.18. The molecule has 5 aromatic rings. The molecule has 1 atom stereocenters. The molecule has 4 aromatic heterocycles. The molecule has 1 aliphatic rings. The van der Waals surface area contributed by atoms with Crippen molar-refractivity contribution in [3.63, 3.8) is 0 Å². The van der Waals surface area contributed by atoms with E-state index in [1.54, 1.807) is 0 Å². The van der Waals surface area contributed by atoms with Gasteiger partial charge in [0, 0.05) is 46.2 Å². The lowest BCUT2D eigenvalue weighted by Crippen LogP contribution is -2.14. The van der Waals surface area contributed by atoms with Gasteiger partial charge in [-0.25, -0.2) is 0 Å². The van der Waals surface area contributed by atoms with Crippen molar-refractivity contribution < 1.29 is 0 Å². The molecule has 32 heavy (non-hydrogen) atoms. The summed E-state index contributed by atoms with van der Waals surface area (Å²) in [6, 6.07) is 12.8. The molecule has 0 bridgehead atoms. The zero-order valence-corrected chi connectivity index (χ0v) is 17.8. The Morgan fingerprint density at radius 3 is 2.75 bits per heavy atom. The molecular weight excluding hydrogens is 398 g/mol. The lowest BCUT2D eigenvalue weighted by atomic mass is 9.91. The van der Waals surface area contributed by atoms with Crippen LogP contribution in [0.2, 0.25) is 0 Å². The molecular formula is C25H23N7. The van der Waals surface area contributed by atoms with Crippen molar-refractivity contribution in [1.82, 2.24) is 35.7 Å². The van der Waals surface area contributed by atoms with E-state index in [2.05, 4.69) is 48.9 Å². The fraction of sp³-hybridized carbons (Fsp3) is 0.200. The van der Waals surface area contributed by atoms with Crippen LogP contribution in [0.3, 0.4) is 0 Å². The van der Waals surface area contributed by atoms with Gasteiger partial charge in [-0.2, -0.15) is 10.2 Å². The Balaban J connectivity index is 1.55. The maximum atomic E-state index is 4.78. The summed E-state index contributed by atoms with van der Waals surface area (Å²) in [5, 5.41) is 19.4. The van der Waals surface area contributed by atoms with Crippen LogP contribution in [0.4, 0.5) is 0 Å². The Morgan fingerprint density at radius 1 is 0.969 bits per heavy atom. The highest BCUT2D eigenvalue weighted by Gasteiger charge is 2.24. The SMILES string of the molecule is Cc1cccc(-c2[nH]ncc2-c2ccc3ncc(-c4cn[nH]c4)c(C4CCCN4)c3c2)n1. The minimum absolute atomic E-state index is 0.294. The number of nitrogens with zero attached hydrogens (tertiary/aromatic N) is 4. The second kappa shape index (κ2) is 7.69. The van der Waals surface area contributed by atoms with E-state index < -0.39 is 0 Å². The molecule has 158 valence electrons. The fourth-order valence-corrected chi connectivity index (χ4v) is 4.70. The van der Waals surface area contributed by atoms with Gasteiger partial charge in [-0.1, -0.05) is 12.1 Å². The van der Waals surface area contributed by atoms with Gasteiger partial charge >= 0.3 is 0 Å². The highest BCUT2D eigenvalue weighted by Crippen LogP contribution is 2.39. The van der Waals surface area contributed by atoms with E-state index in [1.165, 1.54) is 12.0 Å². The number of rotatable bonds is 4. The average molecular weight is 422 g/mol. The first-order valence-electron chi connectivity index (χ1n) is 10.9. The Morgan fingerprint density at radius 2 is 1.94 bits per heavy atom. The number of nitrogens with one attached hydrogen (secondary N) is 3. The predicted molar refractivity (Wildman–Crippen MR) is 125 cm³/mol. The standard InChI is InChI=1S/C25H23N7/c1-15-4-2-5-23(31-15)25-20(14-30-32-25)16-7-8-21-18(10-16)24(22-6-3-9-26-22)19(13-27-21)17-11-28-29-12-17/h2,4-5,7-8,10-14,22,26H,3,6,9H2,1H3,(H,28,29)(H,30,32). The first-order valence-corrected chi connectivity index (χ1v) is 10.9. The summed E-state index contributed by atoms with van der Waals surface area (Å²) in [5.41, 5.74) is 9.37. The molecule has 7 nitrogen and oxygen atoms in total. The normalized spacial score (nSPS) is 16.1. The van der Waals surface area contributed by atoms with Crippen molar-refractivity contribution in [1.29, 1.82) is 0 Å². The largest absolute Gasteiger partial charge is 0.310 e. The Bertz CT molecular complexity index is 1400. The quantitative estimate of drug-likeness (QED) is 0.387. The molecule has 5 heterocycles. The first-order chi connectivity index (χ1) is 15.8. The first kappa shape index (κ1) is 18.9. The van der Waals surface area contributed by atoms with Crippen LogP contribution in [0, 0.1) is 6.92 Å². The van der Waals surface area contributed by atoms with Gasteiger partial charge in [-0.15, -0.1) is 0 Å². The third-order valence-electron chi connectivity index (χ3n) is 6.22. The van der Waals surface area contributed by atoms with Crippen LogP contribution >= 0.6 is 0 Å². The van der Waals surface area contributed by atoms with Crippen LogP contribution in [0.1, 0.15) is 30.1 Å². The summed E-state index contributed by atoms with van der Waals surface area (Å²) in [4.78, 5) is 9.47. The van der Waals surface area contributed by atoms with Crippen molar-refractivity contribution in [2.24, 2.45) is 0 Å². The Hall–Kier alpha value is -3.84. The number of aromatic amines is 2. The van der Waals surface area contributed by atoms with Crippen LogP contribution in [-0.2, 0) is 0 Å². The van der Waals surface area contributed by atoms with Crippen molar-refractivity contribution in [3.05, 3.63) is 72.4 Å². The average Bonchev–Trinajstić information content (AvgIpc) is 3.60. The molecule has 1 unspecified atom stereocenters. The van der Waals surface area contributed by atoms with Gasteiger partial charge in [0.2, 0.25) is 0 Å². The summed E-state index contributed by atoms with van der Waals surface area (Å²) in [7, 11) is 0. The van der Waals surface area contributed by atoms with E-state index in [9.17, 15) is 0 Å². The number of pyridine rings is 2. The highest BCUT2D eigenvalue weighted by atomic mass is 15.1. The van der Waals surface area contributed by atoms with E-state index in [1.807, 2.05) is 49.9 Å². The number of hydrogen-bond acceptors (Lipinski definition) is 5. The van der Waals surface area contributed by atoms with Crippen LogP contribution < -0.4 is 5.32 Å². The molecule has 1 fully saturated rings. The Labute approximate surface area is 185 Å². The summed E-state index contributed by atoms with van der Waals surface area (Å²) >= 11 is 0. The monoisotopic (exact) mass is 421 g/mol. The van der Waals surface area contributed by atoms with Crippen molar-refractivity contribution in [2.45, 2.75) is 25.8 Å². The molecule has 1 aliphatic heterocycles. The number of hydrogen-bond donors (Lipinski definition) is 3. The van der Waals surface area contributed by atoms with E-state index in [0.717, 1.165) is 63.2 Å². The van der Waals surface area contributed by atoms with Crippen molar-refractivity contribution >= 4 is 10.9 Å². The van der Waals surface area contributed by atoms with Crippen molar-refractivity contribution in [2.75, 3.05) is 6.54 Å². The predicted octanol–water partition coefficient (Wildman–Crippen LogP) is 4.81. The maximum Gasteiger partial charge on any atom is 0.0912 e. The summed E-state index contributed by atoms with van der Waals surface area (Å²) < 4.78 is 0. The van der Waals surface area contributed by atoms with Gasteiger partial charge < -0.3 is 5.32 Å². The summed E-state index contributed by atoms with van der Waals surface area (Å²) in [5.74, 6) is 0. The lowest BCUT2D eigenvalue weighted by molar-refractivity contribution is 0.653. The summed E-state index contributed by atoms with van der Waals surface area (Å²) in [6.07, 6.45) is 9.93. The van der Waals surface area contributed by atoms with Crippen LogP contribution in [-0.4, -0.2) is 36.9 Å². The number of fused-ring (bicyclic) bond motifs is 1. The fourth-order valence-electron chi connectivity index (χ4n) is 4.70. The number of H-pyrrole nitrogens is 2. The minimum atomic E-state index is 0.294. The van der Waals surface area contributed by atoms with Gasteiger partial charge in [-0.3, -0.25) is 20.2 Å². The molecule has 1 saturated heterocycles. The Kier molecular flexibility index (Phi) is 4.54. The number of aromatic nitrogens is 6. The molecule has 6 rings (SSSR count). The maximum absolute atomic E-state index is 4.78. The summed E-state index contributed by atoms with van der Waals surface area (Å²) in [6.45, 7) is 3.03. The molecule has 0 saturated carbocycles. The van der Waals surface area contributed by atoms with Gasteiger partial charge in [0.25, 0.3) is 0 Å². The van der Waals surface area contributed by atoms with Crippen LogP contribution in [0.15, 0.2) is 61.2 Å². The second-order valence-electron chi connectivity index (χ2n) is 8.28. The molecule has 7 heteroatoms. The number of aryl methyl sites for hydroxylation is 1. The van der Waals surface area contributed by atoms with Gasteiger partial charge in [-0.05, 0) is 61.7 Å². The van der Waals surface area contributed by atoms with E-state index in [4.69, 9.17) is 4.98 Å². The molecule has 0 radical (unpaired) electrons. The van der Waals surface area contributed by atoms with Gasteiger partial charge in [0.05, 0.1) is 29.3 Å². The van der Waals surface area contributed by atoms with E-state index in [-0.39, 0.29) is 0 Å². The zero-order chi connectivity index (χ0) is 21.5. The smallest absolute Gasteiger partial charge is 0.0912 e.